The highest BCUT2D eigenvalue weighted by Crippen LogP contribution is 2.43. The number of primary amides is 1. The number of amides is 2. The highest BCUT2D eigenvalue weighted by molar-refractivity contribution is 7.21. The number of pyridine rings is 1. The number of alkyl halides is 2. The van der Waals surface area contributed by atoms with Crippen molar-refractivity contribution in [3.8, 4) is 11.1 Å². The first kappa shape index (κ1) is 22.5. The molecule has 4 heterocycles. The van der Waals surface area contributed by atoms with Crippen LogP contribution in [0.25, 0.3) is 21.3 Å². The summed E-state index contributed by atoms with van der Waals surface area (Å²) >= 11 is 0.860. The number of aromatic nitrogens is 5. The predicted molar refractivity (Wildman–Crippen MR) is 120 cm³/mol. The largest absolute Gasteiger partial charge is 0.365 e. The summed E-state index contributed by atoms with van der Waals surface area (Å²) in [7, 11) is 0. The number of carbonyl (C=O) groups is 2. The first-order valence-corrected chi connectivity index (χ1v) is 10.9. The molecule has 0 fully saturated rings. The molecule has 0 aliphatic rings. The normalized spacial score (nSPS) is 11.5. The fraction of sp³-hybridized carbons (Fsp3) is 0.286. The average Bonchev–Trinajstić information content (AvgIpc) is 3.44. The molecule has 0 aliphatic carbocycles. The summed E-state index contributed by atoms with van der Waals surface area (Å²) in [5.74, 6) is -1.25. The van der Waals surface area contributed by atoms with E-state index >= 15 is 0 Å². The summed E-state index contributed by atoms with van der Waals surface area (Å²) in [5.41, 5.74) is 7.61. The van der Waals surface area contributed by atoms with Crippen LogP contribution in [0.2, 0.25) is 0 Å². The van der Waals surface area contributed by atoms with Crippen LogP contribution in [0, 0.1) is 13.8 Å². The molecular weight excluding hydrogens is 452 g/mol. The number of nitrogens with one attached hydrogen (secondary N) is 1. The molecule has 4 rings (SSSR count). The Morgan fingerprint density at radius 1 is 1.21 bits per heavy atom. The van der Waals surface area contributed by atoms with Gasteiger partial charge in [-0.2, -0.15) is 10.2 Å². The number of nitrogens with two attached hydrogens (primary N) is 1. The van der Waals surface area contributed by atoms with Crippen molar-refractivity contribution in [2.75, 3.05) is 5.32 Å². The number of anilines is 1. The molecule has 0 spiro atoms. The van der Waals surface area contributed by atoms with Crippen molar-refractivity contribution in [1.29, 1.82) is 0 Å². The second kappa shape index (κ2) is 8.70. The molecule has 172 valence electrons. The molecule has 0 aliphatic heterocycles. The Morgan fingerprint density at radius 3 is 2.55 bits per heavy atom. The van der Waals surface area contributed by atoms with E-state index in [1.54, 1.807) is 37.0 Å². The van der Waals surface area contributed by atoms with Crippen LogP contribution in [0.15, 0.2) is 24.5 Å². The lowest BCUT2D eigenvalue weighted by molar-refractivity contribution is -0.116. The van der Waals surface area contributed by atoms with Crippen LogP contribution in [-0.2, 0) is 17.9 Å². The van der Waals surface area contributed by atoms with Crippen molar-refractivity contribution >= 4 is 39.1 Å². The first-order chi connectivity index (χ1) is 15.7. The van der Waals surface area contributed by atoms with Crippen LogP contribution in [0.1, 0.15) is 40.1 Å². The van der Waals surface area contributed by atoms with E-state index in [1.165, 1.54) is 10.7 Å². The van der Waals surface area contributed by atoms with E-state index in [0.29, 0.717) is 28.8 Å². The zero-order valence-corrected chi connectivity index (χ0v) is 18.9. The van der Waals surface area contributed by atoms with Crippen LogP contribution in [0.5, 0.6) is 0 Å². The summed E-state index contributed by atoms with van der Waals surface area (Å²) in [6.07, 6.45) is 0.564. The standard InChI is InChI=1S/C21H21F2N7O2S/c1-4-29-8-13(11(3)28-29)12-7-14(19(22)23)25-21-16(12)17(18(33-21)20(24)32)26-15(31)9-30-6-5-10(2)27-30/h5-8,19H,4,9H2,1-3H3,(H2,24,32)(H,26,31). The lowest BCUT2D eigenvalue weighted by atomic mass is 10.0. The van der Waals surface area contributed by atoms with Gasteiger partial charge in [-0.25, -0.2) is 13.8 Å². The van der Waals surface area contributed by atoms with Crippen LogP contribution >= 0.6 is 11.3 Å². The molecule has 3 N–H and O–H groups in total. The number of nitrogens with zero attached hydrogens (tertiary/aromatic N) is 5. The maximum absolute atomic E-state index is 13.6. The molecule has 0 saturated heterocycles. The van der Waals surface area contributed by atoms with Crippen molar-refractivity contribution in [1.82, 2.24) is 24.5 Å². The third-order valence-electron chi connectivity index (χ3n) is 5.03. The second-order valence-corrected chi connectivity index (χ2v) is 8.43. The highest BCUT2D eigenvalue weighted by Gasteiger charge is 2.26. The molecule has 9 nitrogen and oxygen atoms in total. The van der Waals surface area contributed by atoms with E-state index in [4.69, 9.17) is 5.73 Å². The van der Waals surface area contributed by atoms with Crippen molar-refractivity contribution in [3.63, 3.8) is 0 Å². The minimum atomic E-state index is -2.82. The molecular formula is C21H21F2N7O2S. The summed E-state index contributed by atoms with van der Waals surface area (Å²) in [5, 5.41) is 11.7. The smallest absolute Gasteiger partial charge is 0.280 e. The van der Waals surface area contributed by atoms with Crippen molar-refractivity contribution in [2.45, 2.75) is 40.3 Å². The number of rotatable bonds is 7. The first-order valence-electron chi connectivity index (χ1n) is 10.1. The third-order valence-corrected chi connectivity index (χ3v) is 6.13. The van der Waals surface area contributed by atoms with Crippen LogP contribution in [0.3, 0.4) is 0 Å². The van der Waals surface area contributed by atoms with Gasteiger partial charge in [-0.3, -0.25) is 19.0 Å². The van der Waals surface area contributed by atoms with E-state index in [-0.39, 0.29) is 21.9 Å². The van der Waals surface area contributed by atoms with Crippen LogP contribution in [-0.4, -0.2) is 36.4 Å². The number of carbonyl (C=O) groups excluding carboxylic acids is 2. The maximum atomic E-state index is 13.6. The van der Waals surface area contributed by atoms with Gasteiger partial charge in [0.25, 0.3) is 12.3 Å². The molecule has 0 aromatic carbocycles. The van der Waals surface area contributed by atoms with Gasteiger partial charge >= 0.3 is 0 Å². The Balaban J connectivity index is 1.90. The third kappa shape index (κ3) is 4.33. The summed E-state index contributed by atoms with van der Waals surface area (Å²) < 4.78 is 30.4. The van der Waals surface area contributed by atoms with Crippen molar-refractivity contribution < 1.29 is 18.4 Å². The number of aryl methyl sites for hydroxylation is 3. The van der Waals surface area contributed by atoms with E-state index in [9.17, 15) is 18.4 Å². The van der Waals surface area contributed by atoms with E-state index in [2.05, 4.69) is 20.5 Å². The lowest BCUT2D eigenvalue weighted by Gasteiger charge is -2.10. The minimum absolute atomic E-state index is 0.0238. The highest BCUT2D eigenvalue weighted by atomic mass is 32.1. The van der Waals surface area contributed by atoms with E-state index in [0.717, 1.165) is 17.0 Å². The minimum Gasteiger partial charge on any atom is -0.365 e. The topological polar surface area (TPSA) is 121 Å². The summed E-state index contributed by atoms with van der Waals surface area (Å²) in [6, 6.07) is 3.02. The molecule has 4 aromatic heterocycles. The number of thiophene rings is 1. The van der Waals surface area contributed by atoms with Gasteiger partial charge in [0.05, 0.1) is 17.1 Å². The Morgan fingerprint density at radius 2 is 1.97 bits per heavy atom. The second-order valence-electron chi connectivity index (χ2n) is 7.43. The van der Waals surface area contributed by atoms with Gasteiger partial charge in [0.2, 0.25) is 5.91 Å². The van der Waals surface area contributed by atoms with Gasteiger partial charge in [0.15, 0.2) is 0 Å². The fourth-order valence-electron chi connectivity index (χ4n) is 3.56. The van der Waals surface area contributed by atoms with Crippen LogP contribution < -0.4 is 11.1 Å². The zero-order chi connectivity index (χ0) is 23.9. The zero-order valence-electron chi connectivity index (χ0n) is 18.1. The number of halogens is 2. The van der Waals surface area contributed by atoms with Gasteiger partial charge in [0, 0.05) is 29.9 Å². The molecule has 0 unspecified atom stereocenters. The Kier molecular flexibility index (Phi) is 5.93. The monoisotopic (exact) mass is 473 g/mol. The van der Waals surface area contributed by atoms with Crippen LogP contribution in [0.4, 0.5) is 14.5 Å². The summed E-state index contributed by atoms with van der Waals surface area (Å²) in [4.78, 5) is 29.2. The van der Waals surface area contributed by atoms with E-state index < -0.39 is 23.9 Å². The number of hydrogen-bond donors (Lipinski definition) is 2. The SMILES string of the molecule is CCn1cc(-c2cc(C(F)F)nc3sc(C(N)=O)c(NC(=O)Cn4ccc(C)n4)c23)c(C)n1. The summed E-state index contributed by atoms with van der Waals surface area (Å²) in [6.45, 7) is 5.94. The molecule has 0 bridgehead atoms. The molecule has 0 atom stereocenters. The molecule has 0 radical (unpaired) electrons. The van der Waals surface area contributed by atoms with Gasteiger partial charge in [-0.1, -0.05) is 0 Å². The molecule has 0 saturated carbocycles. The number of hydrogen-bond acceptors (Lipinski definition) is 6. The molecule has 33 heavy (non-hydrogen) atoms. The van der Waals surface area contributed by atoms with Gasteiger partial charge in [-0.05, 0) is 38.5 Å². The van der Waals surface area contributed by atoms with Gasteiger partial charge in [-0.15, -0.1) is 11.3 Å². The van der Waals surface area contributed by atoms with Crippen molar-refractivity contribution in [3.05, 3.63) is 46.5 Å². The molecule has 4 aromatic rings. The van der Waals surface area contributed by atoms with Crippen molar-refractivity contribution in [2.24, 2.45) is 5.73 Å². The predicted octanol–water partition coefficient (Wildman–Crippen LogP) is 3.67. The lowest BCUT2D eigenvalue weighted by Crippen LogP contribution is -2.21. The quantitative estimate of drug-likeness (QED) is 0.424. The van der Waals surface area contributed by atoms with Gasteiger partial charge in [0.1, 0.15) is 21.9 Å². The fourth-order valence-corrected chi connectivity index (χ4v) is 4.57. The van der Waals surface area contributed by atoms with Gasteiger partial charge < -0.3 is 11.1 Å². The average molecular weight is 474 g/mol. The Labute approximate surface area is 191 Å². The number of fused-ring (bicyclic) bond motifs is 1. The Hall–Kier alpha value is -3.67. The van der Waals surface area contributed by atoms with E-state index in [1.807, 2.05) is 6.92 Å². The molecule has 2 amide bonds. The molecule has 12 heteroatoms. The Bertz CT molecular complexity index is 1370. The maximum Gasteiger partial charge on any atom is 0.280 e.